The largest absolute Gasteiger partial charge is 0.467 e. The molecule has 1 aromatic heterocycles. The van der Waals surface area contributed by atoms with Crippen LogP contribution >= 0.6 is 0 Å². The van der Waals surface area contributed by atoms with Gasteiger partial charge in [-0.1, -0.05) is 13.3 Å². The number of hydrogen-bond donors (Lipinski definition) is 1. The maximum absolute atomic E-state index is 5.77. The molecule has 1 atom stereocenters. The fourth-order valence-corrected chi connectivity index (χ4v) is 1.90. The minimum Gasteiger partial charge on any atom is -0.467 e. The van der Waals surface area contributed by atoms with Crippen LogP contribution in [0.1, 0.15) is 50.9 Å². The van der Waals surface area contributed by atoms with E-state index in [1.165, 1.54) is 18.4 Å². The third kappa shape index (κ3) is 4.17. The van der Waals surface area contributed by atoms with Crippen molar-refractivity contribution in [2.75, 3.05) is 0 Å². The summed E-state index contributed by atoms with van der Waals surface area (Å²) < 4.78 is 11.2. The van der Waals surface area contributed by atoms with Crippen LogP contribution in [0.4, 0.5) is 0 Å². The summed E-state index contributed by atoms with van der Waals surface area (Å²) in [6, 6.07) is 2.77. The lowest BCUT2D eigenvalue weighted by Gasteiger charge is -2.11. The third-order valence-electron chi connectivity index (χ3n) is 3.19. The van der Waals surface area contributed by atoms with Gasteiger partial charge in [-0.25, -0.2) is 0 Å². The fourth-order valence-electron chi connectivity index (χ4n) is 1.90. The predicted molar refractivity (Wildman–Crippen MR) is 67.7 cm³/mol. The monoisotopic (exact) mass is 237 g/mol. The van der Waals surface area contributed by atoms with Crippen LogP contribution in [0.2, 0.25) is 0 Å². The van der Waals surface area contributed by atoms with Crippen LogP contribution in [0, 0.1) is 0 Å². The summed E-state index contributed by atoms with van der Waals surface area (Å²) in [4.78, 5) is 0. The zero-order valence-electron chi connectivity index (χ0n) is 10.9. The number of hydrogen-bond acceptors (Lipinski definition) is 3. The van der Waals surface area contributed by atoms with Gasteiger partial charge in [0.2, 0.25) is 0 Å². The number of nitrogens with one attached hydrogen (secondary N) is 1. The van der Waals surface area contributed by atoms with Gasteiger partial charge in [0.25, 0.3) is 0 Å². The van der Waals surface area contributed by atoms with Crippen LogP contribution in [-0.4, -0.2) is 12.1 Å². The van der Waals surface area contributed by atoms with E-state index in [4.69, 9.17) is 9.15 Å². The van der Waals surface area contributed by atoms with Gasteiger partial charge in [0.15, 0.2) is 0 Å². The van der Waals surface area contributed by atoms with Gasteiger partial charge < -0.3 is 14.5 Å². The second-order valence-electron chi connectivity index (χ2n) is 4.93. The molecule has 1 N–H and O–H groups in total. The first-order chi connectivity index (χ1) is 8.29. The Morgan fingerprint density at radius 3 is 3.06 bits per heavy atom. The molecule has 0 bridgehead atoms. The quantitative estimate of drug-likeness (QED) is 0.753. The molecule has 1 aromatic rings. The van der Waals surface area contributed by atoms with E-state index < -0.39 is 0 Å². The van der Waals surface area contributed by atoms with Crippen LogP contribution in [0.15, 0.2) is 16.7 Å². The lowest BCUT2D eigenvalue weighted by Crippen LogP contribution is -2.16. The van der Waals surface area contributed by atoms with Crippen molar-refractivity contribution >= 4 is 0 Å². The van der Waals surface area contributed by atoms with Crippen molar-refractivity contribution in [1.82, 2.24) is 5.32 Å². The molecule has 0 spiro atoms. The maximum Gasteiger partial charge on any atom is 0.133 e. The molecule has 0 amide bonds. The van der Waals surface area contributed by atoms with E-state index in [1.807, 2.05) is 6.07 Å². The third-order valence-corrected chi connectivity index (χ3v) is 3.19. The highest BCUT2D eigenvalue weighted by molar-refractivity contribution is 5.16. The molecule has 1 fully saturated rings. The molecule has 3 heteroatoms. The van der Waals surface area contributed by atoms with Crippen molar-refractivity contribution in [1.29, 1.82) is 0 Å². The average molecular weight is 237 g/mol. The second-order valence-corrected chi connectivity index (χ2v) is 4.93. The van der Waals surface area contributed by atoms with E-state index in [1.54, 1.807) is 6.26 Å². The lowest BCUT2D eigenvalue weighted by atomic mass is 10.2. The Bertz CT molecular complexity index is 331. The van der Waals surface area contributed by atoms with E-state index in [-0.39, 0.29) is 0 Å². The number of furan rings is 1. The summed E-state index contributed by atoms with van der Waals surface area (Å²) in [7, 11) is 0. The van der Waals surface area contributed by atoms with E-state index in [9.17, 15) is 0 Å². The second kappa shape index (κ2) is 6.22. The molecule has 1 heterocycles. The summed E-state index contributed by atoms with van der Waals surface area (Å²) in [6.07, 6.45) is 6.97. The first-order valence-corrected chi connectivity index (χ1v) is 6.69. The average Bonchev–Trinajstić information content (AvgIpc) is 3.03. The van der Waals surface area contributed by atoms with E-state index >= 15 is 0 Å². The molecule has 3 nitrogen and oxygen atoms in total. The Morgan fingerprint density at radius 2 is 2.35 bits per heavy atom. The standard InChI is InChI=1S/C14H23NO2/c1-3-4-11(2)17-10-14-12(7-8-16-14)9-15-13-5-6-13/h7-8,11,13,15H,3-6,9-10H2,1-2H3. The number of ether oxygens (including phenoxy) is 1. The predicted octanol–water partition coefficient (Wildman–Crippen LogP) is 3.24. The van der Waals surface area contributed by atoms with Gasteiger partial charge in [0, 0.05) is 18.2 Å². The van der Waals surface area contributed by atoms with Crippen LogP contribution < -0.4 is 5.32 Å². The van der Waals surface area contributed by atoms with Gasteiger partial charge in [-0.05, 0) is 32.3 Å². The first-order valence-electron chi connectivity index (χ1n) is 6.69. The Labute approximate surface area is 104 Å². The molecule has 0 radical (unpaired) electrons. The Balaban J connectivity index is 1.76. The normalized spacial score (nSPS) is 17.3. The van der Waals surface area contributed by atoms with Crippen LogP contribution in [0.5, 0.6) is 0 Å². The summed E-state index contributed by atoms with van der Waals surface area (Å²) in [5.74, 6) is 0.973. The summed E-state index contributed by atoms with van der Waals surface area (Å²) in [5.41, 5.74) is 1.24. The molecule has 1 aliphatic carbocycles. The van der Waals surface area contributed by atoms with Gasteiger partial charge in [-0.15, -0.1) is 0 Å². The Morgan fingerprint density at radius 1 is 1.53 bits per heavy atom. The molecule has 0 aliphatic heterocycles. The SMILES string of the molecule is CCCC(C)OCc1occc1CNC1CC1. The Hall–Kier alpha value is -0.800. The smallest absolute Gasteiger partial charge is 0.133 e. The molecule has 96 valence electrons. The van der Waals surface area contributed by atoms with Gasteiger partial charge >= 0.3 is 0 Å². The highest BCUT2D eigenvalue weighted by atomic mass is 16.5. The van der Waals surface area contributed by atoms with Crippen molar-refractivity contribution in [2.24, 2.45) is 0 Å². The highest BCUT2D eigenvalue weighted by Crippen LogP contribution is 2.20. The molecule has 0 saturated heterocycles. The van der Waals surface area contributed by atoms with E-state index in [2.05, 4.69) is 19.2 Å². The van der Waals surface area contributed by atoms with Crippen molar-refractivity contribution in [3.8, 4) is 0 Å². The molecule has 17 heavy (non-hydrogen) atoms. The molecule has 1 aliphatic rings. The molecular weight excluding hydrogens is 214 g/mol. The van der Waals surface area contributed by atoms with Gasteiger partial charge in [0.1, 0.15) is 12.4 Å². The van der Waals surface area contributed by atoms with Gasteiger partial charge in [-0.2, -0.15) is 0 Å². The van der Waals surface area contributed by atoms with Crippen molar-refractivity contribution < 1.29 is 9.15 Å². The minimum atomic E-state index is 0.314. The molecule has 1 unspecified atom stereocenters. The Kier molecular flexibility index (Phi) is 4.63. The molecule has 2 rings (SSSR count). The summed E-state index contributed by atoms with van der Waals surface area (Å²) >= 11 is 0. The van der Waals surface area contributed by atoms with E-state index in [0.29, 0.717) is 12.7 Å². The number of rotatable bonds is 8. The summed E-state index contributed by atoms with van der Waals surface area (Å²) in [5, 5.41) is 3.50. The summed E-state index contributed by atoms with van der Waals surface area (Å²) in [6.45, 7) is 5.80. The van der Waals surface area contributed by atoms with Crippen LogP contribution in [0.3, 0.4) is 0 Å². The topological polar surface area (TPSA) is 34.4 Å². The zero-order chi connectivity index (χ0) is 12.1. The highest BCUT2D eigenvalue weighted by Gasteiger charge is 2.21. The lowest BCUT2D eigenvalue weighted by molar-refractivity contribution is 0.0366. The van der Waals surface area contributed by atoms with Gasteiger partial charge in [0.05, 0.1) is 12.4 Å². The fraction of sp³-hybridized carbons (Fsp3) is 0.714. The molecule has 1 saturated carbocycles. The van der Waals surface area contributed by atoms with Crippen molar-refractivity contribution in [3.63, 3.8) is 0 Å². The first kappa shape index (κ1) is 12.7. The van der Waals surface area contributed by atoms with E-state index in [0.717, 1.165) is 31.2 Å². The van der Waals surface area contributed by atoms with Crippen molar-refractivity contribution in [2.45, 2.75) is 64.8 Å². The molecule has 0 aromatic carbocycles. The molecular formula is C14H23NO2. The van der Waals surface area contributed by atoms with Crippen LogP contribution in [0.25, 0.3) is 0 Å². The van der Waals surface area contributed by atoms with Gasteiger partial charge in [-0.3, -0.25) is 0 Å². The van der Waals surface area contributed by atoms with Crippen LogP contribution in [-0.2, 0) is 17.9 Å². The van der Waals surface area contributed by atoms with Crippen molar-refractivity contribution in [3.05, 3.63) is 23.7 Å². The zero-order valence-corrected chi connectivity index (χ0v) is 10.9. The minimum absolute atomic E-state index is 0.314. The maximum atomic E-state index is 5.77.